The van der Waals surface area contributed by atoms with Gasteiger partial charge in [-0.2, -0.15) is 0 Å². The zero-order chi connectivity index (χ0) is 17.1. The van der Waals surface area contributed by atoms with Crippen LogP contribution in [0.3, 0.4) is 0 Å². The molecule has 0 aliphatic heterocycles. The van der Waals surface area contributed by atoms with E-state index < -0.39 is 5.97 Å². The number of rotatable bonds is 5. The largest absolute Gasteiger partial charge is 0.453 e. The van der Waals surface area contributed by atoms with Crippen molar-refractivity contribution in [1.29, 1.82) is 0 Å². The lowest BCUT2D eigenvalue weighted by Gasteiger charge is -2.03. The number of thioether (sulfide) groups is 1. The molecule has 1 heterocycles. The third-order valence-corrected chi connectivity index (χ3v) is 5.28. The molecule has 3 nitrogen and oxygen atoms in total. The second-order valence-corrected chi connectivity index (χ2v) is 6.95. The molecule has 0 radical (unpaired) electrons. The molecule has 0 atom stereocenters. The molecule has 0 unspecified atom stereocenters. The van der Waals surface area contributed by atoms with Crippen LogP contribution in [-0.2, 0) is 4.74 Å². The maximum Gasteiger partial charge on any atom is 0.348 e. The highest BCUT2D eigenvalue weighted by Crippen LogP contribution is 2.28. The number of halogens is 1. The van der Waals surface area contributed by atoms with Crippen molar-refractivity contribution in [2.45, 2.75) is 4.90 Å². The van der Waals surface area contributed by atoms with Crippen molar-refractivity contribution >= 4 is 44.9 Å². The van der Waals surface area contributed by atoms with E-state index in [0.29, 0.717) is 15.6 Å². The van der Waals surface area contributed by atoms with Crippen molar-refractivity contribution in [2.24, 2.45) is 0 Å². The lowest BCUT2D eigenvalue weighted by molar-refractivity contribution is 0.0479. The summed E-state index contributed by atoms with van der Waals surface area (Å²) in [6.45, 7) is -0.339. The van der Waals surface area contributed by atoms with Crippen LogP contribution in [0, 0.1) is 5.82 Å². The molecule has 0 aliphatic carbocycles. The molecule has 2 aromatic carbocycles. The summed E-state index contributed by atoms with van der Waals surface area (Å²) in [5.41, 5.74) is 0.489. The molecular weight excluding hydrogens is 347 g/mol. The maximum atomic E-state index is 13.7. The molecule has 1 aromatic heterocycles. The SMILES string of the molecule is CSc1ccc(C(=O)COC(=O)c2cc3c(F)cccc3s2)cc1. The first-order valence-electron chi connectivity index (χ1n) is 7.11. The molecule has 0 amide bonds. The first kappa shape index (κ1) is 16.7. The third-order valence-electron chi connectivity index (χ3n) is 3.46. The number of carbonyl (C=O) groups is 2. The van der Waals surface area contributed by atoms with Crippen molar-refractivity contribution in [2.75, 3.05) is 12.9 Å². The number of ether oxygens (including phenoxy) is 1. The topological polar surface area (TPSA) is 43.4 Å². The minimum Gasteiger partial charge on any atom is -0.453 e. The highest BCUT2D eigenvalue weighted by Gasteiger charge is 2.16. The van der Waals surface area contributed by atoms with E-state index in [2.05, 4.69) is 0 Å². The quantitative estimate of drug-likeness (QED) is 0.372. The Morgan fingerprint density at radius 1 is 1.17 bits per heavy atom. The molecule has 3 rings (SSSR count). The Morgan fingerprint density at radius 2 is 1.92 bits per heavy atom. The van der Waals surface area contributed by atoms with Crippen molar-refractivity contribution in [3.8, 4) is 0 Å². The highest BCUT2D eigenvalue weighted by molar-refractivity contribution is 7.98. The van der Waals surface area contributed by atoms with Crippen LogP contribution in [0.25, 0.3) is 10.1 Å². The Hall–Kier alpha value is -2.18. The summed E-state index contributed by atoms with van der Waals surface area (Å²) < 4.78 is 19.4. The molecule has 24 heavy (non-hydrogen) atoms. The van der Waals surface area contributed by atoms with Crippen LogP contribution >= 0.6 is 23.1 Å². The fourth-order valence-electron chi connectivity index (χ4n) is 2.19. The molecule has 0 spiro atoms. The van der Waals surface area contributed by atoms with Crippen LogP contribution in [-0.4, -0.2) is 24.6 Å². The molecule has 3 aromatic rings. The fourth-order valence-corrected chi connectivity index (χ4v) is 3.57. The number of hydrogen-bond donors (Lipinski definition) is 0. The van der Waals surface area contributed by atoms with E-state index in [9.17, 15) is 14.0 Å². The van der Waals surface area contributed by atoms with Crippen molar-refractivity contribution in [3.05, 3.63) is 64.8 Å². The summed E-state index contributed by atoms with van der Waals surface area (Å²) >= 11 is 2.73. The van der Waals surface area contributed by atoms with Crippen LogP contribution in [0.5, 0.6) is 0 Å². The number of hydrogen-bond acceptors (Lipinski definition) is 5. The van der Waals surface area contributed by atoms with Gasteiger partial charge in [0.25, 0.3) is 0 Å². The molecule has 0 N–H and O–H groups in total. The summed E-state index contributed by atoms with van der Waals surface area (Å²) in [5, 5.41) is 0.383. The van der Waals surface area contributed by atoms with E-state index >= 15 is 0 Å². The van der Waals surface area contributed by atoms with E-state index in [0.717, 1.165) is 16.2 Å². The van der Waals surface area contributed by atoms with Crippen LogP contribution in [0.1, 0.15) is 20.0 Å². The average Bonchev–Trinajstić information content (AvgIpc) is 3.05. The predicted molar refractivity (Wildman–Crippen MR) is 94.6 cm³/mol. The van der Waals surface area contributed by atoms with E-state index in [1.165, 1.54) is 12.1 Å². The monoisotopic (exact) mass is 360 g/mol. The summed E-state index contributed by atoms with van der Waals surface area (Å²) in [4.78, 5) is 25.5. The minimum atomic E-state index is -0.621. The Balaban J connectivity index is 1.67. The van der Waals surface area contributed by atoms with Gasteiger partial charge in [-0.05, 0) is 36.6 Å². The minimum absolute atomic E-state index is 0.275. The molecule has 0 saturated carbocycles. The number of carbonyl (C=O) groups excluding carboxylic acids is 2. The van der Waals surface area contributed by atoms with Gasteiger partial charge >= 0.3 is 5.97 Å². The number of thiophene rings is 1. The smallest absolute Gasteiger partial charge is 0.348 e. The van der Waals surface area contributed by atoms with Gasteiger partial charge in [0, 0.05) is 20.5 Å². The molecule has 6 heteroatoms. The lowest BCUT2D eigenvalue weighted by Crippen LogP contribution is -2.13. The first-order chi connectivity index (χ1) is 11.6. The molecule has 122 valence electrons. The van der Waals surface area contributed by atoms with E-state index in [4.69, 9.17) is 4.74 Å². The maximum absolute atomic E-state index is 13.7. The van der Waals surface area contributed by atoms with Gasteiger partial charge in [0.1, 0.15) is 10.7 Å². The Bertz CT molecular complexity index is 900. The van der Waals surface area contributed by atoms with Crippen LogP contribution in [0.2, 0.25) is 0 Å². The lowest BCUT2D eigenvalue weighted by atomic mass is 10.1. The van der Waals surface area contributed by atoms with Crippen molar-refractivity contribution < 1.29 is 18.7 Å². The number of Topliss-reactive ketones (excluding diaryl/α,β-unsaturated/α-hetero) is 1. The zero-order valence-electron chi connectivity index (χ0n) is 12.7. The number of benzene rings is 2. The zero-order valence-corrected chi connectivity index (χ0v) is 14.4. The summed E-state index contributed by atoms with van der Waals surface area (Å²) in [5.74, 6) is -1.28. The number of esters is 1. The van der Waals surface area contributed by atoms with Gasteiger partial charge in [0.15, 0.2) is 12.4 Å². The standard InChI is InChI=1S/C18H13FO3S2/c1-23-12-7-5-11(6-8-12)15(20)10-22-18(21)17-9-13-14(19)3-2-4-16(13)24-17/h2-9H,10H2,1H3. The number of fused-ring (bicyclic) bond motifs is 1. The normalized spacial score (nSPS) is 10.8. The van der Waals surface area contributed by atoms with Gasteiger partial charge in [0.2, 0.25) is 0 Å². The van der Waals surface area contributed by atoms with E-state index in [1.807, 2.05) is 18.4 Å². The summed E-state index contributed by atoms with van der Waals surface area (Å²) in [6, 6.07) is 13.2. The van der Waals surface area contributed by atoms with Gasteiger partial charge in [-0.15, -0.1) is 23.1 Å². The van der Waals surface area contributed by atoms with Crippen LogP contribution in [0.15, 0.2) is 53.4 Å². The van der Waals surface area contributed by atoms with E-state index in [-0.39, 0.29) is 23.1 Å². The molecule has 0 bridgehead atoms. The molecule has 0 aliphatic rings. The van der Waals surface area contributed by atoms with Gasteiger partial charge in [0.05, 0.1) is 0 Å². The highest BCUT2D eigenvalue weighted by atomic mass is 32.2. The van der Waals surface area contributed by atoms with Gasteiger partial charge in [-0.1, -0.05) is 18.2 Å². The van der Waals surface area contributed by atoms with Crippen molar-refractivity contribution in [1.82, 2.24) is 0 Å². The Morgan fingerprint density at radius 3 is 2.58 bits per heavy atom. The first-order valence-corrected chi connectivity index (χ1v) is 9.15. The van der Waals surface area contributed by atoms with Crippen LogP contribution in [0.4, 0.5) is 4.39 Å². The molecule has 0 saturated heterocycles. The predicted octanol–water partition coefficient (Wildman–Crippen LogP) is 4.80. The fraction of sp³-hybridized carbons (Fsp3) is 0.111. The van der Waals surface area contributed by atoms with Crippen LogP contribution < -0.4 is 0 Å². The Kier molecular flexibility index (Phi) is 4.97. The van der Waals surface area contributed by atoms with Gasteiger partial charge in [-0.3, -0.25) is 4.79 Å². The summed E-state index contributed by atoms with van der Waals surface area (Å²) in [7, 11) is 0. The van der Waals surface area contributed by atoms with Crippen molar-refractivity contribution in [3.63, 3.8) is 0 Å². The van der Waals surface area contributed by atoms with Gasteiger partial charge in [-0.25, -0.2) is 9.18 Å². The second-order valence-electron chi connectivity index (χ2n) is 4.99. The Labute approximate surface area is 146 Å². The summed E-state index contributed by atoms with van der Waals surface area (Å²) in [6.07, 6.45) is 1.95. The second kappa shape index (κ2) is 7.15. The average molecular weight is 360 g/mol. The van der Waals surface area contributed by atoms with E-state index in [1.54, 1.807) is 36.0 Å². The molecule has 0 fully saturated rings. The number of ketones is 1. The third kappa shape index (κ3) is 3.49. The molecular formula is C18H13FO3S2. The van der Waals surface area contributed by atoms with Gasteiger partial charge < -0.3 is 4.74 Å².